The van der Waals surface area contributed by atoms with Crippen LogP contribution < -0.4 is 5.11 Å². The molecule has 1 aromatic rings. The summed E-state index contributed by atoms with van der Waals surface area (Å²) in [6.45, 7) is 0. The van der Waals surface area contributed by atoms with E-state index in [1.54, 1.807) is 0 Å². The number of nitrogens with zero attached hydrogens (tertiary/aromatic N) is 1. The van der Waals surface area contributed by atoms with Gasteiger partial charge in [0.05, 0.1) is 5.97 Å². The van der Waals surface area contributed by atoms with Crippen molar-refractivity contribution in [3.8, 4) is 0 Å². The van der Waals surface area contributed by atoms with Crippen LogP contribution in [0.2, 0.25) is 0 Å². The lowest BCUT2D eigenvalue weighted by molar-refractivity contribution is -0.255. The summed E-state index contributed by atoms with van der Waals surface area (Å²) < 4.78 is 3.56. The summed E-state index contributed by atoms with van der Waals surface area (Å²) in [5.74, 6) is -1.17. The fraction of sp³-hybridized carbons (Fsp3) is 0. The number of rotatable bonds is 1. The number of hydrogen-bond donors (Lipinski definition) is 0. The van der Waals surface area contributed by atoms with Crippen molar-refractivity contribution in [2.45, 2.75) is 0 Å². The van der Waals surface area contributed by atoms with E-state index >= 15 is 0 Å². The third-order valence-electron chi connectivity index (χ3n) is 0.668. The molecule has 0 aliphatic rings. The normalized spacial score (nSPS) is 9.00. The number of carbonyl (C=O) groups is 1. The fourth-order valence-electron chi connectivity index (χ4n) is 0.306. The highest BCUT2D eigenvalue weighted by Crippen LogP contribution is 1.97. The third-order valence-corrected chi connectivity index (χ3v) is 1.25. The molecule has 1 heterocycles. The van der Waals surface area contributed by atoms with Gasteiger partial charge in [-0.25, -0.2) is 4.37 Å². The molecule has 1 rings (SSSR count). The second-order valence-electron chi connectivity index (χ2n) is 1.20. The molecule has 0 aliphatic heterocycles. The maximum absolute atomic E-state index is 9.92. The Bertz CT molecular complexity index is 182. The summed E-state index contributed by atoms with van der Waals surface area (Å²) in [5, 5.41) is 11.3. The minimum Gasteiger partial charge on any atom is -0.545 e. The largest absolute Gasteiger partial charge is 0.545 e. The average molecular weight is 128 g/mol. The zero-order valence-electron chi connectivity index (χ0n) is 3.83. The van der Waals surface area contributed by atoms with E-state index in [1.165, 1.54) is 11.6 Å². The second kappa shape index (κ2) is 1.92. The van der Waals surface area contributed by atoms with Crippen molar-refractivity contribution in [2.24, 2.45) is 0 Å². The highest BCUT2D eigenvalue weighted by Gasteiger charge is 1.89. The van der Waals surface area contributed by atoms with Crippen molar-refractivity contribution in [2.75, 3.05) is 0 Å². The number of carboxylic acids is 1. The molecule has 0 radical (unpaired) electrons. The van der Waals surface area contributed by atoms with Crippen molar-refractivity contribution in [3.05, 3.63) is 17.1 Å². The molecular formula is C4H2NO2S-. The smallest absolute Gasteiger partial charge is 0.0739 e. The van der Waals surface area contributed by atoms with Crippen LogP contribution in [-0.2, 0) is 0 Å². The van der Waals surface area contributed by atoms with Gasteiger partial charge in [-0.2, -0.15) is 0 Å². The first-order valence-electron chi connectivity index (χ1n) is 1.91. The van der Waals surface area contributed by atoms with Crippen molar-refractivity contribution >= 4 is 17.5 Å². The number of carboxylic acid groups (broad SMARTS) is 1. The van der Waals surface area contributed by atoms with Crippen LogP contribution in [0.4, 0.5) is 0 Å². The van der Waals surface area contributed by atoms with Crippen LogP contribution in [0.5, 0.6) is 0 Å². The lowest BCUT2D eigenvalue weighted by atomic mass is 10.4. The Kier molecular flexibility index (Phi) is 1.26. The lowest BCUT2D eigenvalue weighted by Gasteiger charge is -1.90. The molecule has 0 atom stereocenters. The van der Waals surface area contributed by atoms with E-state index in [1.807, 2.05) is 0 Å². The zero-order valence-corrected chi connectivity index (χ0v) is 4.64. The zero-order chi connectivity index (χ0) is 5.98. The van der Waals surface area contributed by atoms with E-state index in [9.17, 15) is 9.90 Å². The molecule has 1 aromatic heterocycles. The van der Waals surface area contributed by atoms with Crippen molar-refractivity contribution in [3.63, 3.8) is 0 Å². The van der Waals surface area contributed by atoms with Crippen LogP contribution in [0, 0.1) is 0 Å². The monoisotopic (exact) mass is 128 g/mol. The molecule has 0 aliphatic carbocycles. The van der Waals surface area contributed by atoms with E-state index in [0.717, 1.165) is 11.5 Å². The van der Waals surface area contributed by atoms with Crippen LogP contribution in [0.25, 0.3) is 0 Å². The minimum atomic E-state index is -1.17. The van der Waals surface area contributed by atoms with Gasteiger partial charge in [-0.1, -0.05) is 0 Å². The summed E-state index contributed by atoms with van der Waals surface area (Å²) in [4.78, 5) is 9.92. The highest BCUT2D eigenvalue weighted by atomic mass is 32.1. The summed E-state index contributed by atoms with van der Waals surface area (Å²) in [5.41, 5.74) is 0.148. The molecule has 0 unspecified atom stereocenters. The number of carbonyl (C=O) groups excluding carboxylic acids is 1. The number of aromatic carboxylic acids is 1. The first-order chi connectivity index (χ1) is 3.80. The Morgan fingerprint density at radius 3 is 2.88 bits per heavy atom. The van der Waals surface area contributed by atoms with Gasteiger partial charge in [0.15, 0.2) is 0 Å². The predicted octanol–water partition coefficient (Wildman–Crippen LogP) is -0.493. The molecule has 0 bridgehead atoms. The average Bonchev–Trinajstić information content (AvgIpc) is 2.12. The number of aromatic nitrogens is 1. The molecule has 42 valence electrons. The quantitative estimate of drug-likeness (QED) is 0.512. The van der Waals surface area contributed by atoms with Crippen LogP contribution in [-0.4, -0.2) is 10.3 Å². The van der Waals surface area contributed by atoms with Crippen molar-refractivity contribution in [1.29, 1.82) is 0 Å². The molecule has 8 heavy (non-hydrogen) atoms. The maximum atomic E-state index is 9.92. The Balaban J connectivity index is 2.93. The van der Waals surface area contributed by atoms with Crippen LogP contribution in [0.15, 0.2) is 11.6 Å². The van der Waals surface area contributed by atoms with Gasteiger partial charge in [0.2, 0.25) is 0 Å². The molecule has 3 nitrogen and oxygen atoms in total. The summed E-state index contributed by atoms with van der Waals surface area (Å²) in [6.07, 6.45) is 1.26. The van der Waals surface area contributed by atoms with Crippen LogP contribution >= 0.6 is 11.5 Å². The van der Waals surface area contributed by atoms with Crippen molar-refractivity contribution in [1.82, 2.24) is 4.37 Å². The molecule has 0 N–H and O–H groups in total. The summed E-state index contributed by atoms with van der Waals surface area (Å²) >= 11 is 1.10. The van der Waals surface area contributed by atoms with Gasteiger partial charge in [0.1, 0.15) is 0 Å². The highest BCUT2D eigenvalue weighted by molar-refractivity contribution is 7.03. The van der Waals surface area contributed by atoms with Gasteiger partial charge in [0.25, 0.3) is 0 Å². The van der Waals surface area contributed by atoms with Crippen LogP contribution in [0.3, 0.4) is 0 Å². The van der Waals surface area contributed by atoms with Gasteiger partial charge in [-0.05, 0) is 11.5 Å². The Labute approximate surface area is 49.8 Å². The standard InChI is InChI=1S/C4H3NO2S/c6-4(7)3-1-5-8-2-3/h1-2H,(H,6,7)/p-1. The Morgan fingerprint density at radius 1 is 1.88 bits per heavy atom. The van der Waals surface area contributed by atoms with Gasteiger partial charge in [-0.15, -0.1) is 0 Å². The molecule has 0 saturated carbocycles. The van der Waals surface area contributed by atoms with Crippen molar-refractivity contribution < 1.29 is 9.90 Å². The SMILES string of the molecule is O=C([O-])c1cnsc1. The fourth-order valence-corrected chi connectivity index (χ4v) is 0.812. The third kappa shape index (κ3) is 0.840. The molecule has 0 fully saturated rings. The molecular weight excluding hydrogens is 126 g/mol. The first kappa shape index (κ1) is 5.24. The minimum absolute atomic E-state index is 0.148. The molecule has 0 aromatic carbocycles. The molecule has 0 amide bonds. The van der Waals surface area contributed by atoms with E-state index in [2.05, 4.69) is 4.37 Å². The van der Waals surface area contributed by atoms with Gasteiger partial charge in [0, 0.05) is 17.1 Å². The lowest BCUT2D eigenvalue weighted by Crippen LogP contribution is -2.21. The number of hydrogen-bond acceptors (Lipinski definition) is 4. The summed E-state index contributed by atoms with van der Waals surface area (Å²) in [6, 6.07) is 0. The van der Waals surface area contributed by atoms with E-state index in [-0.39, 0.29) is 5.56 Å². The molecule has 0 saturated heterocycles. The van der Waals surface area contributed by atoms with E-state index in [0.29, 0.717) is 0 Å². The predicted molar refractivity (Wildman–Crippen MR) is 26.4 cm³/mol. The van der Waals surface area contributed by atoms with Gasteiger partial charge < -0.3 is 9.90 Å². The van der Waals surface area contributed by atoms with E-state index in [4.69, 9.17) is 0 Å². The second-order valence-corrected chi connectivity index (χ2v) is 1.86. The maximum Gasteiger partial charge on any atom is 0.0739 e. The van der Waals surface area contributed by atoms with Crippen LogP contribution in [0.1, 0.15) is 10.4 Å². The van der Waals surface area contributed by atoms with Gasteiger partial charge >= 0.3 is 0 Å². The Morgan fingerprint density at radius 2 is 2.62 bits per heavy atom. The van der Waals surface area contributed by atoms with E-state index < -0.39 is 5.97 Å². The Hall–Kier alpha value is -0.900. The molecule has 0 spiro atoms. The summed E-state index contributed by atoms with van der Waals surface area (Å²) in [7, 11) is 0. The molecule has 4 heteroatoms. The van der Waals surface area contributed by atoms with Gasteiger partial charge in [-0.3, -0.25) is 0 Å². The first-order valence-corrected chi connectivity index (χ1v) is 2.75. The topological polar surface area (TPSA) is 53.0 Å².